The summed E-state index contributed by atoms with van der Waals surface area (Å²) in [5, 5.41) is 8.67. The molecule has 0 spiro atoms. The SMILES string of the molecule is CC(C)Oc1cc(F)cc([CH]O)c1. The summed E-state index contributed by atoms with van der Waals surface area (Å²) in [6.45, 7) is 4.55. The monoisotopic (exact) mass is 183 g/mol. The Kier molecular flexibility index (Phi) is 3.25. The fourth-order valence-electron chi connectivity index (χ4n) is 0.999. The molecule has 0 saturated carbocycles. The maximum atomic E-state index is 12.9. The first kappa shape index (κ1) is 9.99. The summed E-state index contributed by atoms with van der Waals surface area (Å²) < 4.78 is 18.1. The molecule has 0 heterocycles. The number of aliphatic hydroxyl groups is 1. The Morgan fingerprint density at radius 3 is 2.62 bits per heavy atom. The first-order valence-electron chi connectivity index (χ1n) is 4.06. The van der Waals surface area contributed by atoms with Crippen molar-refractivity contribution in [2.75, 3.05) is 0 Å². The molecule has 2 nitrogen and oxygen atoms in total. The molecule has 0 saturated heterocycles. The lowest BCUT2D eigenvalue weighted by molar-refractivity contribution is 0.241. The molecule has 0 aliphatic rings. The first-order valence-corrected chi connectivity index (χ1v) is 4.06. The Morgan fingerprint density at radius 1 is 1.38 bits per heavy atom. The Balaban J connectivity index is 2.88. The standard InChI is InChI=1S/C10H12FO2/c1-7(2)13-10-4-8(6-12)3-9(11)5-10/h3-7,12H,1-2H3. The number of benzene rings is 1. The van der Waals surface area contributed by atoms with Gasteiger partial charge in [0.1, 0.15) is 18.2 Å². The van der Waals surface area contributed by atoms with Crippen LogP contribution in [0.25, 0.3) is 0 Å². The highest BCUT2D eigenvalue weighted by Crippen LogP contribution is 2.18. The minimum absolute atomic E-state index is 0.00616. The molecule has 71 valence electrons. The van der Waals surface area contributed by atoms with Crippen molar-refractivity contribution < 1.29 is 14.2 Å². The van der Waals surface area contributed by atoms with Crippen molar-refractivity contribution in [1.82, 2.24) is 0 Å². The fourth-order valence-corrected chi connectivity index (χ4v) is 0.999. The summed E-state index contributed by atoms with van der Waals surface area (Å²) in [6, 6.07) is 4.09. The molecular formula is C10H12FO2. The third kappa shape index (κ3) is 3.03. The minimum Gasteiger partial charge on any atom is -0.491 e. The average Bonchev–Trinajstić information content (AvgIpc) is 2.01. The molecule has 0 aliphatic heterocycles. The second-order valence-electron chi connectivity index (χ2n) is 3.02. The van der Waals surface area contributed by atoms with E-state index in [4.69, 9.17) is 9.84 Å². The zero-order valence-electron chi connectivity index (χ0n) is 7.62. The molecule has 1 rings (SSSR count). The lowest BCUT2D eigenvalue weighted by Gasteiger charge is -2.10. The summed E-state index contributed by atoms with van der Waals surface area (Å²) >= 11 is 0. The molecule has 1 aromatic rings. The van der Waals surface area contributed by atoms with Crippen LogP contribution in [0.5, 0.6) is 5.75 Å². The molecule has 13 heavy (non-hydrogen) atoms. The molecule has 0 atom stereocenters. The van der Waals surface area contributed by atoms with Crippen LogP contribution in [-0.4, -0.2) is 11.2 Å². The van der Waals surface area contributed by atoms with E-state index in [1.165, 1.54) is 12.1 Å². The van der Waals surface area contributed by atoms with Gasteiger partial charge in [-0.25, -0.2) is 4.39 Å². The lowest BCUT2D eigenvalue weighted by Crippen LogP contribution is -2.05. The maximum absolute atomic E-state index is 12.9. The van der Waals surface area contributed by atoms with E-state index < -0.39 is 5.82 Å². The van der Waals surface area contributed by atoms with Gasteiger partial charge in [-0.15, -0.1) is 0 Å². The summed E-state index contributed by atoms with van der Waals surface area (Å²) in [5.74, 6) is 0.00810. The van der Waals surface area contributed by atoms with E-state index in [1.807, 2.05) is 13.8 Å². The van der Waals surface area contributed by atoms with Crippen LogP contribution in [0.3, 0.4) is 0 Å². The Hall–Kier alpha value is -1.09. The topological polar surface area (TPSA) is 29.5 Å². The van der Waals surface area contributed by atoms with Crippen molar-refractivity contribution >= 4 is 0 Å². The third-order valence-corrected chi connectivity index (χ3v) is 1.41. The molecule has 1 radical (unpaired) electrons. The summed E-state index contributed by atoms with van der Waals surface area (Å²) in [6.07, 6.45) is -0.00616. The van der Waals surface area contributed by atoms with Crippen LogP contribution >= 0.6 is 0 Å². The second-order valence-corrected chi connectivity index (χ2v) is 3.02. The lowest BCUT2D eigenvalue weighted by atomic mass is 10.2. The number of hydrogen-bond acceptors (Lipinski definition) is 2. The predicted octanol–water partition coefficient (Wildman–Crippen LogP) is 2.50. The Morgan fingerprint density at radius 2 is 2.08 bits per heavy atom. The van der Waals surface area contributed by atoms with E-state index in [0.717, 1.165) is 6.61 Å². The van der Waals surface area contributed by atoms with Crippen molar-refractivity contribution in [3.05, 3.63) is 36.2 Å². The number of aliphatic hydroxyl groups excluding tert-OH is 1. The van der Waals surface area contributed by atoms with Crippen LogP contribution in [0, 0.1) is 12.4 Å². The van der Waals surface area contributed by atoms with Crippen molar-refractivity contribution in [1.29, 1.82) is 0 Å². The number of rotatable bonds is 3. The van der Waals surface area contributed by atoms with Gasteiger partial charge in [0.15, 0.2) is 0 Å². The van der Waals surface area contributed by atoms with Crippen molar-refractivity contribution in [3.63, 3.8) is 0 Å². The molecule has 0 fully saturated rings. The number of hydrogen-bond donors (Lipinski definition) is 1. The van der Waals surface area contributed by atoms with Crippen LogP contribution in [-0.2, 0) is 0 Å². The van der Waals surface area contributed by atoms with Gasteiger partial charge in [-0.2, -0.15) is 0 Å². The molecule has 0 unspecified atom stereocenters. The van der Waals surface area contributed by atoms with Gasteiger partial charge in [0, 0.05) is 6.07 Å². The van der Waals surface area contributed by atoms with Gasteiger partial charge in [0.25, 0.3) is 0 Å². The zero-order chi connectivity index (χ0) is 9.84. The summed E-state index contributed by atoms with van der Waals surface area (Å²) in [4.78, 5) is 0. The van der Waals surface area contributed by atoms with Crippen LogP contribution in [0.15, 0.2) is 18.2 Å². The zero-order valence-corrected chi connectivity index (χ0v) is 7.62. The maximum Gasteiger partial charge on any atom is 0.127 e. The van der Waals surface area contributed by atoms with Crippen molar-refractivity contribution in [3.8, 4) is 5.75 Å². The highest BCUT2D eigenvalue weighted by atomic mass is 19.1. The van der Waals surface area contributed by atoms with E-state index >= 15 is 0 Å². The summed E-state index contributed by atoms with van der Waals surface area (Å²) in [7, 11) is 0. The molecule has 1 N–H and O–H groups in total. The van der Waals surface area contributed by atoms with Gasteiger partial charge in [0.05, 0.1) is 6.10 Å². The van der Waals surface area contributed by atoms with E-state index in [2.05, 4.69) is 0 Å². The van der Waals surface area contributed by atoms with Crippen LogP contribution in [0.2, 0.25) is 0 Å². The van der Waals surface area contributed by atoms with Gasteiger partial charge >= 0.3 is 0 Å². The van der Waals surface area contributed by atoms with Gasteiger partial charge in [-0.1, -0.05) is 0 Å². The van der Waals surface area contributed by atoms with Crippen molar-refractivity contribution in [2.24, 2.45) is 0 Å². The predicted molar refractivity (Wildman–Crippen MR) is 47.5 cm³/mol. The van der Waals surface area contributed by atoms with Gasteiger partial charge in [-0.05, 0) is 31.5 Å². The highest BCUT2D eigenvalue weighted by molar-refractivity contribution is 5.32. The van der Waals surface area contributed by atoms with Crippen LogP contribution in [0.1, 0.15) is 19.4 Å². The molecule has 0 amide bonds. The quantitative estimate of drug-likeness (QED) is 0.780. The van der Waals surface area contributed by atoms with Gasteiger partial charge in [-0.3, -0.25) is 0 Å². The first-order chi connectivity index (χ1) is 6.11. The normalized spacial score (nSPS) is 10.5. The third-order valence-electron chi connectivity index (χ3n) is 1.41. The molecule has 0 aliphatic carbocycles. The Labute approximate surface area is 77.0 Å². The minimum atomic E-state index is -0.418. The van der Waals surface area contributed by atoms with Crippen LogP contribution < -0.4 is 4.74 Å². The second kappa shape index (κ2) is 4.23. The Bertz CT molecular complexity index is 284. The van der Waals surface area contributed by atoms with E-state index in [-0.39, 0.29) is 6.10 Å². The smallest absolute Gasteiger partial charge is 0.127 e. The molecule has 3 heteroatoms. The average molecular weight is 183 g/mol. The fraction of sp³-hybridized carbons (Fsp3) is 0.300. The molecular weight excluding hydrogens is 171 g/mol. The largest absolute Gasteiger partial charge is 0.491 e. The van der Waals surface area contributed by atoms with Gasteiger partial charge in [0.2, 0.25) is 0 Å². The molecule has 0 bridgehead atoms. The van der Waals surface area contributed by atoms with E-state index in [1.54, 1.807) is 6.07 Å². The van der Waals surface area contributed by atoms with Crippen molar-refractivity contribution in [2.45, 2.75) is 20.0 Å². The molecule has 0 aromatic heterocycles. The van der Waals surface area contributed by atoms with E-state index in [0.29, 0.717) is 11.3 Å². The van der Waals surface area contributed by atoms with E-state index in [9.17, 15) is 4.39 Å². The molecule has 1 aromatic carbocycles. The van der Waals surface area contributed by atoms with Gasteiger partial charge < -0.3 is 9.84 Å². The number of halogens is 1. The number of ether oxygens (including phenoxy) is 1. The van der Waals surface area contributed by atoms with Crippen LogP contribution in [0.4, 0.5) is 4.39 Å². The highest BCUT2D eigenvalue weighted by Gasteiger charge is 2.02. The summed E-state index contributed by atoms with van der Waals surface area (Å²) in [5.41, 5.74) is 0.399.